The summed E-state index contributed by atoms with van der Waals surface area (Å²) in [6.45, 7) is 5.03. The van der Waals surface area contributed by atoms with Gasteiger partial charge in [-0.25, -0.2) is 0 Å². The van der Waals surface area contributed by atoms with Gasteiger partial charge in [-0.05, 0) is 30.7 Å². The van der Waals surface area contributed by atoms with E-state index in [0.717, 1.165) is 24.0 Å². The molecule has 0 aliphatic carbocycles. The van der Waals surface area contributed by atoms with E-state index in [9.17, 15) is 10.2 Å². The highest BCUT2D eigenvalue weighted by atomic mass is 79.9. The summed E-state index contributed by atoms with van der Waals surface area (Å²) >= 11 is 3.51. The fourth-order valence-corrected chi connectivity index (χ4v) is 3.11. The highest BCUT2D eigenvalue weighted by molar-refractivity contribution is 9.10. The summed E-state index contributed by atoms with van der Waals surface area (Å²) in [5, 5.41) is 22.7. The first-order chi connectivity index (χ1) is 9.60. The van der Waals surface area contributed by atoms with Gasteiger partial charge in [0.1, 0.15) is 0 Å². The third-order valence-corrected chi connectivity index (χ3v) is 4.26. The highest BCUT2D eigenvalue weighted by Crippen LogP contribution is 2.22. The number of benzene rings is 1. The fraction of sp³-hybridized carbons (Fsp3) is 0.600. The van der Waals surface area contributed by atoms with E-state index >= 15 is 0 Å². The monoisotopic (exact) mass is 342 g/mol. The number of halogens is 1. The molecule has 20 heavy (non-hydrogen) atoms. The maximum Gasteiger partial charge on any atom is 0.0938 e. The number of nitrogens with zero attached hydrogens (tertiary/aromatic N) is 1. The summed E-state index contributed by atoms with van der Waals surface area (Å²) in [4.78, 5) is 2.12. The van der Waals surface area contributed by atoms with Gasteiger partial charge < -0.3 is 15.5 Å². The van der Waals surface area contributed by atoms with Gasteiger partial charge in [0.05, 0.1) is 12.2 Å². The molecule has 5 heteroatoms. The molecule has 0 bridgehead atoms. The van der Waals surface area contributed by atoms with Gasteiger partial charge in [-0.15, -0.1) is 0 Å². The van der Waals surface area contributed by atoms with E-state index in [2.05, 4.69) is 45.2 Å². The van der Waals surface area contributed by atoms with E-state index in [0.29, 0.717) is 19.1 Å². The molecule has 1 aromatic carbocycles. The normalized spacial score (nSPS) is 25.0. The second-order valence-corrected chi connectivity index (χ2v) is 6.26. The maximum atomic E-state index is 9.58. The van der Waals surface area contributed by atoms with Crippen LogP contribution in [0.25, 0.3) is 0 Å². The topological polar surface area (TPSA) is 55.7 Å². The van der Waals surface area contributed by atoms with Crippen molar-refractivity contribution in [3.8, 4) is 0 Å². The van der Waals surface area contributed by atoms with Crippen LogP contribution in [-0.4, -0.2) is 53.5 Å². The Balaban J connectivity index is 1.93. The molecule has 0 saturated carbocycles. The van der Waals surface area contributed by atoms with E-state index in [1.54, 1.807) is 0 Å². The summed E-state index contributed by atoms with van der Waals surface area (Å²) in [7, 11) is 0. The zero-order valence-electron chi connectivity index (χ0n) is 11.8. The smallest absolute Gasteiger partial charge is 0.0938 e. The summed E-state index contributed by atoms with van der Waals surface area (Å²) in [6.07, 6.45) is -0.235. The number of hydrogen-bond acceptors (Lipinski definition) is 4. The van der Waals surface area contributed by atoms with Crippen LogP contribution in [0.5, 0.6) is 0 Å². The number of hydrogen-bond donors (Lipinski definition) is 3. The molecule has 0 aromatic heterocycles. The van der Waals surface area contributed by atoms with Crippen molar-refractivity contribution in [2.24, 2.45) is 0 Å². The van der Waals surface area contributed by atoms with Crippen LogP contribution in [-0.2, 0) is 0 Å². The number of nitrogens with one attached hydrogen (secondary N) is 1. The predicted octanol–water partition coefficient (Wildman–Crippen LogP) is 1.53. The van der Waals surface area contributed by atoms with Gasteiger partial charge in [0.25, 0.3) is 0 Å². The molecular formula is C15H23BrN2O2. The van der Waals surface area contributed by atoms with Gasteiger partial charge in [0.2, 0.25) is 0 Å². The minimum atomic E-state index is -0.599. The van der Waals surface area contributed by atoms with Crippen molar-refractivity contribution in [2.75, 3.05) is 26.2 Å². The predicted molar refractivity (Wildman–Crippen MR) is 83.6 cm³/mol. The molecule has 3 atom stereocenters. The first kappa shape index (κ1) is 15.9. The summed E-state index contributed by atoms with van der Waals surface area (Å²) in [5.74, 6) is 0. The van der Waals surface area contributed by atoms with E-state index in [-0.39, 0.29) is 0 Å². The summed E-state index contributed by atoms with van der Waals surface area (Å²) in [5.41, 5.74) is 1.27. The van der Waals surface area contributed by atoms with Crippen LogP contribution >= 0.6 is 15.9 Å². The number of β-amino-alcohol motifs (C(OH)–C–C–N with tert-alkyl or cyclic N) is 2. The second kappa shape index (κ2) is 7.52. The molecule has 112 valence electrons. The average molecular weight is 343 g/mol. The molecule has 1 aliphatic rings. The zero-order chi connectivity index (χ0) is 14.5. The van der Waals surface area contributed by atoms with Crippen LogP contribution in [0.4, 0.5) is 0 Å². The van der Waals surface area contributed by atoms with Gasteiger partial charge in [-0.1, -0.05) is 35.0 Å². The summed E-state index contributed by atoms with van der Waals surface area (Å²) < 4.78 is 1.09. The molecule has 2 rings (SSSR count). The standard InChI is InChI=1S/C15H23BrN2O2/c1-2-17-13(11-4-3-5-12(16)8-11)6-7-18-9-14(19)15(20)10-18/h3-5,8,13-15,17,19-20H,2,6-7,9-10H2,1H3. The maximum absolute atomic E-state index is 9.58. The van der Waals surface area contributed by atoms with Gasteiger partial charge in [-0.2, -0.15) is 0 Å². The Bertz CT molecular complexity index is 420. The molecule has 1 saturated heterocycles. The zero-order valence-corrected chi connectivity index (χ0v) is 13.4. The van der Waals surface area contributed by atoms with Crippen molar-refractivity contribution in [1.29, 1.82) is 0 Å². The van der Waals surface area contributed by atoms with Gasteiger partial charge in [-0.3, -0.25) is 4.90 Å². The Morgan fingerprint density at radius 3 is 2.65 bits per heavy atom. The van der Waals surface area contributed by atoms with Crippen molar-refractivity contribution in [2.45, 2.75) is 31.6 Å². The van der Waals surface area contributed by atoms with Crippen LogP contribution in [0.1, 0.15) is 24.9 Å². The first-order valence-corrected chi connectivity index (χ1v) is 7.96. The van der Waals surface area contributed by atoms with Crippen LogP contribution in [0.3, 0.4) is 0 Å². The molecule has 4 nitrogen and oxygen atoms in total. The Kier molecular flexibility index (Phi) is 5.99. The van der Waals surface area contributed by atoms with Crippen molar-refractivity contribution in [1.82, 2.24) is 10.2 Å². The molecule has 0 spiro atoms. The van der Waals surface area contributed by atoms with Gasteiger partial charge in [0, 0.05) is 30.1 Å². The molecule has 0 amide bonds. The van der Waals surface area contributed by atoms with Crippen molar-refractivity contribution < 1.29 is 10.2 Å². The van der Waals surface area contributed by atoms with Crippen LogP contribution in [0, 0.1) is 0 Å². The van der Waals surface area contributed by atoms with Crippen molar-refractivity contribution in [3.63, 3.8) is 0 Å². The molecule has 3 unspecified atom stereocenters. The third-order valence-electron chi connectivity index (χ3n) is 3.77. The molecular weight excluding hydrogens is 320 g/mol. The van der Waals surface area contributed by atoms with Gasteiger partial charge >= 0.3 is 0 Å². The van der Waals surface area contributed by atoms with E-state index in [1.807, 2.05) is 12.1 Å². The first-order valence-electron chi connectivity index (χ1n) is 7.17. The Labute approximate surface area is 128 Å². The largest absolute Gasteiger partial charge is 0.389 e. The molecule has 1 heterocycles. The third kappa shape index (κ3) is 4.27. The molecule has 0 radical (unpaired) electrons. The molecule has 1 aromatic rings. The lowest BCUT2D eigenvalue weighted by Gasteiger charge is -2.22. The van der Waals surface area contributed by atoms with Crippen LogP contribution < -0.4 is 5.32 Å². The number of aliphatic hydroxyl groups excluding tert-OH is 2. The fourth-order valence-electron chi connectivity index (χ4n) is 2.70. The summed E-state index contributed by atoms with van der Waals surface area (Å²) in [6, 6.07) is 8.65. The second-order valence-electron chi connectivity index (χ2n) is 5.35. The van der Waals surface area contributed by atoms with Crippen LogP contribution in [0.15, 0.2) is 28.7 Å². The van der Waals surface area contributed by atoms with Crippen LogP contribution in [0.2, 0.25) is 0 Å². The van der Waals surface area contributed by atoms with E-state index in [4.69, 9.17) is 0 Å². The minimum absolute atomic E-state index is 0.299. The average Bonchev–Trinajstić information content (AvgIpc) is 2.74. The Hall–Kier alpha value is -0.460. The lowest BCUT2D eigenvalue weighted by atomic mass is 10.0. The highest BCUT2D eigenvalue weighted by Gasteiger charge is 2.29. The Morgan fingerprint density at radius 1 is 1.35 bits per heavy atom. The quantitative estimate of drug-likeness (QED) is 0.733. The lowest BCUT2D eigenvalue weighted by molar-refractivity contribution is 0.0572. The molecule has 1 fully saturated rings. The number of likely N-dealkylation sites (tertiary alicyclic amines) is 1. The number of rotatable bonds is 6. The Morgan fingerprint density at radius 2 is 2.05 bits per heavy atom. The SMILES string of the molecule is CCNC(CCN1CC(O)C(O)C1)c1cccc(Br)c1. The van der Waals surface area contributed by atoms with Gasteiger partial charge in [0.15, 0.2) is 0 Å². The van der Waals surface area contributed by atoms with E-state index in [1.165, 1.54) is 5.56 Å². The minimum Gasteiger partial charge on any atom is -0.389 e. The van der Waals surface area contributed by atoms with E-state index < -0.39 is 12.2 Å². The lowest BCUT2D eigenvalue weighted by Crippen LogP contribution is -2.29. The molecule has 1 aliphatic heterocycles. The number of aliphatic hydroxyl groups is 2. The van der Waals surface area contributed by atoms with Crippen molar-refractivity contribution in [3.05, 3.63) is 34.3 Å². The van der Waals surface area contributed by atoms with Crippen molar-refractivity contribution >= 4 is 15.9 Å². The molecule has 3 N–H and O–H groups in total.